The maximum absolute atomic E-state index is 12.1. The van der Waals surface area contributed by atoms with Gasteiger partial charge in [0.25, 0.3) is 5.91 Å². The fraction of sp³-hybridized carbons (Fsp3) is 0.0625. The summed E-state index contributed by atoms with van der Waals surface area (Å²) in [5.74, 6) is 0.189. The van der Waals surface area contributed by atoms with E-state index in [1.807, 2.05) is 18.2 Å². The summed E-state index contributed by atoms with van der Waals surface area (Å²) in [5.41, 5.74) is 1.32. The molecule has 3 aromatic rings. The lowest BCUT2D eigenvalue weighted by Gasteiger charge is -2.04. The lowest BCUT2D eigenvalue weighted by molar-refractivity contribution is 0.102. The van der Waals surface area contributed by atoms with Crippen molar-refractivity contribution in [2.24, 2.45) is 0 Å². The highest BCUT2D eigenvalue weighted by Crippen LogP contribution is 2.16. The fourth-order valence-corrected chi connectivity index (χ4v) is 2.22. The van der Waals surface area contributed by atoms with Crippen LogP contribution in [0.5, 0.6) is 0 Å². The van der Waals surface area contributed by atoms with Crippen molar-refractivity contribution in [3.8, 4) is 0 Å². The van der Waals surface area contributed by atoms with Gasteiger partial charge < -0.3 is 5.32 Å². The second-order valence-corrected chi connectivity index (χ2v) is 5.06. The van der Waals surface area contributed by atoms with Crippen molar-refractivity contribution < 1.29 is 4.79 Å². The Balaban J connectivity index is 1.69. The topological polar surface area (TPSA) is 59.8 Å². The normalized spacial score (nSPS) is 10.4. The Morgan fingerprint density at radius 3 is 2.73 bits per heavy atom. The molecule has 2 aromatic heterocycles. The molecular weight excluding hydrogens is 300 g/mol. The molecule has 22 heavy (non-hydrogen) atoms. The number of benzene rings is 1. The predicted molar refractivity (Wildman–Crippen MR) is 85.0 cm³/mol. The van der Waals surface area contributed by atoms with Crippen LogP contribution in [0.1, 0.15) is 16.1 Å². The van der Waals surface area contributed by atoms with E-state index in [1.54, 1.807) is 47.4 Å². The van der Waals surface area contributed by atoms with Crippen molar-refractivity contribution >= 4 is 23.3 Å². The van der Waals surface area contributed by atoms with Gasteiger partial charge >= 0.3 is 0 Å². The molecule has 2 heterocycles. The van der Waals surface area contributed by atoms with E-state index in [9.17, 15) is 4.79 Å². The number of halogens is 1. The van der Waals surface area contributed by atoms with E-state index in [0.29, 0.717) is 22.9 Å². The van der Waals surface area contributed by atoms with Gasteiger partial charge in [0.1, 0.15) is 0 Å². The second kappa shape index (κ2) is 6.41. The van der Waals surface area contributed by atoms with Crippen LogP contribution in [0, 0.1) is 0 Å². The van der Waals surface area contributed by atoms with E-state index in [2.05, 4.69) is 15.4 Å². The van der Waals surface area contributed by atoms with Crippen LogP contribution in [0.2, 0.25) is 5.02 Å². The number of hydrogen-bond donors (Lipinski definition) is 1. The Bertz CT molecular complexity index is 786. The molecule has 0 fully saturated rings. The Morgan fingerprint density at radius 2 is 1.95 bits per heavy atom. The number of anilines is 1. The first-order valence-corrected chi connectivity index (χ1v) is 7.09. The average molecular weight is 313 g/mol. The highest BCUT2D eigenvalue weighted by Gasteiger charge is 2.11. The minimum absolute atomic E-state index is 0.284. The maximum Gasteiger partial charge on any atom is 0.258 e. The molecule has 1 N–H and O–H groups in total. The van der Waals surface area contributed by atoms with E-state index >= 15 is 0 Å². The van der Waals surface area contributed by atoms with Crippen LogP contribution in [-0.4, -0.2) is 20.7 Å². The zero-order valence-electron chi connectivity index (χ0n) is 11.6. The van der Waals surface area contributed by atoms with Crippen LogP contribution in [0.4, 0.5) is 5.82 Å². The van der Waals surface area contributed by atoms with Gasteiger partial charge in [0.15, 0.2) is 5.82 Å². The molecule has 0 aliphatic carbocycles. The van der Waals surface area contributed by atoms with Gasteiger partial charge in [0.2, 0.25) is 0 Å². The Kier molecular flexibility index (Phi) is 4.16. The van der Waals surface area contributed by atoms with E-state index in [4.69, 9.17) is 11.6 Å². The van der Waals surface area contributed by atoms with Gasteiger partial charge in [0, 0.05) is 18.5 Å². The lowest BCUT2D eigenvalue weighted by Crippen LogP contribution is -2.13. The second-order valence-electron chi connectivity index (χ2n) is 4.65. The molecule has 0 spiro atoms. The Morgan fingerprint density at radius 1 is 1.14 bits per heavy atom. The molecule has 0 aliphatic heterocycles. The van der Waals surface area contributed by atoms with Crippen LogP contribution in [0.3, 0.4) is 0 Å². The number of nitrogens with one attached hydrogen (secondary N) is 1. The summed E-state index contributed by atoms with van der Waals surface area (Å²) < 4.78 is 1.71. The first-order valence-electron chi connectivity index (χ1n) is 6.71. The zero-order chi connectivity index (χ0) is 15.4. The molecule has 0 saturated heterocycles. The molecule has 1 aromatic carbocycles. The molecule has 0 aliphatic rings. The number of hydrogen-bond acceptors (Lipinski definition) is 3. The SMILES string of the molecule is O=C(Nc1ccn(Cc2ccccn2)n1)c1ccccc1Cl. The standard InChI is InChI=1S/C16H13ClN4O/c17-14-7-2-1-6-13(14)16(22)19-15-8-10-21(20-15)11-12-5-3-4-9-18-12/h1-10H,11H2,(H,19,20,22). The third-order valence-corrected chi connectivity index (χ3v) is 3.38. The van der Waals surface area contributed by atoms with Gasteiger partial charge in [-0.25, -0.2) is 0 Å². The molecule has 3 rings (SSSR count). The van der Waals surface area contributed by atoms with Crippen molar-refractivity contribution in [1.29, 1.82) is 0 Å². The summed E-state index contributed by atoms with van der Waals surface area (Å²) in [7, 11) is 0. The van der Waals surface area contributed by atoms with E-state index in [1.165, 1.54) is 0 Å². The minimum Gasteiger partial charge on any atom is -0.305 e. The van der Waals surface area contributed by atoms with E-state index < -0.39 is 0 Å². The summed E-state index contributed by atoms with van der Waals surface area (Å²) in [6.07, 6.45) is 3.52. The number of amides is 1. The van der Waals surface area contributed by atoms with Gasteiger partial charge in [-0.1, -0.05) is 29.8 Å². The molecule has 0 atom stereocenters. The van der Waals surface area contributed by atoms with Crippen molar-refractivity contribution in [3.05, 3.63) is 77.2 Å². The molecule has 0 unspecified atom stereocenters. The van der Waals surface area contributed by atoms with Crippen LogP contribution in [-0.2, 0) is 6.54 Å². The summed E-state index contributed by atoms with van der Waals surface area (Å²) in [5, 5.41) is 7.44. The van der Waals surface area contributed by atoms with Gasteiger partial charge in [-0.3, -0.25) is 14.5 Å². The number of carbonyl (C=O) groups is 1. The summed E-state index contributed by atoms with van der Waals surface area (Å²) >= 11 is 6.00. The first kappa shape index (κ1) is 14.3. The molecule has 0 radical (unpaired) electrons. The molecule has 0 saturated carbocycles. The summed E-state index contributed by atoms with van der Waals surface area (Å²) in [6, 6.07) is 14.3. The number of nitrogens with zero attached hydrogens (tertiary/aromatic N) is 3. The molecule has 1 amide bonds. The van der Waals surface area contributed by atoms with Crippen LogP contribution < -0.4 is 5.32 Å². The maximum atomic E-state index is 12.1. The van der Waals surface area contributed by atoms with Crippen molar-refractivity contribution in [1.82, 2.24) is 14.8 Å². The first-order chi connectivity index (χ1) is 10.7. The fourth-order valence-electron chi connectivity index (χ4n) is 2.00. The largest absolute Gasteiger partial charge is 0.305 e. The average Bonchev–Trinajstić information content (AvgIpc) is 2.95. The Labute approximate surface area is 132 Å². The van der Waals surface area contributed by atoms with Gasteiger partial charge in [0.05, 0.1) is 22.8 Å². The summed E-state index contributed by atoms with van der Waals surface area (Å²) in [4.78, 5) is 16.4. The third-order valence-electron chi connectivity index (χ3n) is 3.05. The van der Waals surface area contributed by atoms with Crippen LogP contribution in [0.15, 0.2) is 60.9 Å². The third kappa shape index (κ3) is 3.32. The Hall–Kier alpha value is -2.66. The van der Waals surface area contributed by atoms with Crippen LogP contribution in [0.25, 0.3) is 0 Å². The summed E-state index contributed by atoms with van der Waals surface area (Å²) in [6.45, 7) is 0.544. The van der Waals surface area contributed by atoms with Gasteiger partial charge in [-0.15, -0.1) is 0 Å². The molecule has 5 nitrogen and oxygen atoms in total. The van der Waals surface area contributed by atoms with Gasteiger partial charge in [-0.05, 0) is 24.3 Å². The molecule has 110 valence electrons. The van der Waals surface area contributed by atoms with Crippen LogP contribution >= 0.6 is 11.6 Å². The predicted octanol–water partition coefficient (Wildman–Crippen LogP) is 3.23. The number of pyridine rings is 1. The number of aromatic nitrogens is 3. The zero-order valence-corrected chi connectivity index (χ0v) is 12.4. The smallest absolute Gasteiger partial charge is 0.258 e. The molecular formula is C16H13ClN4O. The highest BCUT2D eigenvalue weighted by atomic mass is 35.5. The quantitative estimate of drug-likeness (QED) is 0.804. The highest BCUT2D eigenvalue weighted by molar-refractivity contribution is 6.34. The van der Waals surface area contributed by atoms with Crippen molar-refractivity contribution in [2.75, 3.05) is 5.32 Å². The van der Waals surface area contributed by atoms with Crippen molar-refractivity contribution in [3.63, 3.8) is 0 Å². The monoisotopic (exact) mass is 312 g/mol. The van der Waals surface area contributed by atoms with Crippen molar-refractivity contribution in [2.45, 2.75) is 6.54 Å². The number of carbonyl (C=O) groups excluding carboxylic acids is 1. The minimum atomic E-state index is -0.284. The van der Waals surface area contributed by atoms with E-state index in [-0.39, 0.29) is 5.91 Å². The van der Waals surface area contributed by atoms with Gasteiger partial charge in [-0.2, -0.15) is 5.10 Å². The lowest BCUT2D eigenvalue weighted by atomic mass is 10.2. The van der Waals surface area contributed by atoms with E-state index in [0.717, 1.165) is 5.69 Å². The molecule has 6 heteroatoms. The molecule has 0 bridgehead atoms. The number of rotatable bonds is 4.